The van der Waals surface area contributed by atoms with E-state index in [-0.39, 0.29) is 23.0 Å². The van der Waals surface area contributed by atoms with Crippen molar-refractivity contribution in [2.45, 2.75) is 83.5 Å². The smallest absolute Gasteiger partial charge is 0.0757 e. The van der Waals surface area contributed by atoms with E-state index in [0.29, 0.717) is 23.8 Å². The van der Waals surface area contributed by atoms with Crippen LogP contribution in [0, 0.1) is 28.6 Å². The Morgan fingerprint density at radius 3 is 2.63 bits per heavy atom. The summed E-state index contributed by atoms with van der Waals surface area (Å²) in [5.41, 5.74) is 1.75. The molecule has 0 amide bonds. The van der Waals surface area contributed by atoms with Gasteiger partial charge >= 0.3 is 0 Å². The largest absolute Gasteiger partial charge is 0.393 e. The maximum Gasteiger partial charge on any atom is 0.0757 e. The first-order chi connectivity index (χ1) is 12.9. The van der Waals surface area contributed by atoms with Gasteiger partial charge in [0.15, 0.2) is 0 Å². The van der Waals surface area contributed by atoms with Crippen molar-refractivity contribution in [2.24, 2.45) is 28.6 Å². The van der Waals surface area contributed by atoms with Gasteiger partial charge in [0.2, 0.25) is 0 Å². The normalized spacial score (nSPS) is 52.7. The fraction of sp³-hybridized carbons (Fsp3) is 0.833. The highest BCUT2D eigenvalue weighted by atomic mass is 16.3. The minimum atomic E-state index is -0.338. The van der Waals surface area contributed by atoms with Crippen molar-refractivity contribution in [3.05, 3.63) is 23.8 Å². The van der Waals surface area contributed by atoms with Crippen LogP contribution in [-0.4, -0.2) is 46.5 Å². The molecule has 0 aromatic carbocycles. The molecule has 0 spiro atoms. The van der Waals surface area contributed by atoms with Crippen molar-refractivity contribution >= 4 is 0 Å². The Balaban J connectivity index is 1.55. The summed E-state index contributed by atoms with van der Waals surface area (Å²) in [4.78, 5) is 2.70. The zero-order valence-electron chi connectivity index (χ0n) is 17.1. The number of nitrogens with zero attached hydrogens (tertiary/aromatic N) is 1. The Morgan fingerprint density at radius 2 is 1.85 bits per heavy atom. The number of aliphatic hydroxyl groups is 2. The first-order valence-corrected chi connectivity index (χ1v) is 11.4. The topological polar surface area (TPSA) is 43.7 Å². The van der Waals surface area contributed by atoms with Gasteiger partial charge in [-0.1, -0.05) is 44.1 Å². The van der Waals surface area contributed by atoms with Gasteiger partial charge in [-0.3, -0.25) is 4.90 Å². The second-order valence-electron chi connectivity index (χ2n) is 10.6. The number of fused-ring (bicyclic) bond motifs is 5. The van der Waals surface area contributed by atoms with Crippen LogP contribution in [0.15, 0.2) is 23.8 Å². The Kier molecular flexibility index (Phi) is 4.38. The maximum atomic E-state index is 11.2. The van der Waals surface area contributed by atoms with Gasteiger partial charge in [0.1, 0.15) is 0 Å². The van der Waals surface area contributed by atoms with Crippen LogP contribution in [0.4, 0.5) is 0 Å². The highest BCUT2D eigenvalue weighted by molar-refractivity contribution is 5.32. The van der Waals surface area contributed by atoms with Crippen molar-refractivity contribution in [3.8, 4) is 0 Å². The molecule has 3 nitrogen and oxygen atoms in total. The molecular formula is C24H37NO2. The Labute approximate surface area is 164 Å². The molecule has 1 saturated heterocycles. The minimum Gasteiger partial charge on any atom is -0.393 e. The number of allylic oxidation sites excluding steroid dienone is 2. The summed E-state index contributed by atoms with van der Waals surface area (Å²) >= 11 is 0. The van der Waals surface area contributed by atoms with Crippen molar-refractivity contribution in [1.29, 1.82) is 0 Å². The second-order valence-corrected chi connectivity index (χ2v) is 10.6. The third-order valence-electron chi connectivity index (χ3n) is 9.36. The lowest BCUT2D eigenvalue weighted by Gasteiger charge is -2.62. The summed E-state index contributed by atoms with van der Waals surface area (Å²) in [5, 5.41) is 21.9. The minimum absolute atomic E-state index is 0.115. The van der Waals surface area contributed by atoms with Gasteiger partial charge in [-0.15, -0.1) is 0 Å². The van der Waals surface area contributed by atoms with Gasteiger partial charge < -0.3 is 10.2 Å². The summed E-state index contributed by atoms with van der Waals surface area (Å²) in [7, 11) is 0. The van der Waals surface area contributed by atoms with Crippen LogP contribution in [0.1, 0.15) is 65.2 Å². The number of rotatable bonds is 1. The molecule has 5 rings (SSSR count). The molecule has 1 aliphatic heterocycles. The fourth-order valence-electron chi connectivity index (χ4n) is 7.94. The van der Waals surface area contributed by atoms with Crippen LogP contribution in [0.25, 0.3) is 0 Å². The molecule has 2 saturated carbocycles. The van der Waals surface area contributed by atoms with Gasteiger partial charge in [-0.2, -0.15) is 0 Å². The van der Waals surface area contributed by atoms with E-state index >= 15 is 0 Å². The fourth-order valence-corrected chi connectivity index (χ4v) is 7.94. The Morgan fingerprint density at radius 1 is 1.07 bits per heavy atom. The van der Waals surface area contributed by atoms with Crippen molar-refractivity contribution in [1.82, 2.24) is 4.90 Å². The van der Waals surface area contributed by atoms with E-state index in [2.05, 4.69) is 37.0 Å². The molecule has 2 N–H and O–H groups in total. The van der Waals surface area contributed by atoms with Gasteiger partial charge in [-0.05, 0) is 81.2 Å². The van der Waals surface area contributed by atoms with E-state index in [1.165, 1.54) is 50.8 Å². The van der Waals surface area contributed by atoms with Crippen LogP contribution in [0.5, 0.6) is 0 Å². The molecular weight excluding hydrogens is 334 g/mol. The van der Waals surface area contributed by atoms with Crippen LogP contribution in [0.3, 0.4) is 0 Å². The van der Waals surface area contributed by atoms with E-state index in [1.54, 1.807) is 0 Å². The molecule has 0 bridgehead atoms. The predicted molar refractivity (Wildman–Crippen MR) is 108 cm³/mol. The molecule has 0 aromatic heterocycles. The zero-order valence-corrected chi connectivity index (χ0v) is 17.1. The molecule has 1 heterocycles. The van der Waals surface area contributed by atoms with E-state index < -0.39 is 0 Å². The number of hydrogen-bond acceptors (Lipinski definition) is 3. The standard InChI is InChI=1S/C24H37NO2/c1-23-9-6-7-18(23)22-19(8-10-23)24(2)16(14-20(22)27)13-17(26)15-21(24)25-11-4-3-5-12-25/h6,9,14,17-22,26-27H,3-5,7-8,10-13,15H2,1-2H3/t17?,18-,19-,20?,21?,22-,23-,24-/m0/s1. The first-order valence-electron chi connectivity index (χ1n) is 11.4. The first kappa shape index (κ1) is 18.4. The lowest BCUT2D eigenvalue weighted by molar-refractivity contribution is -0.109. The van der Waals surface area contributed by atoms with Crippen molar-refractivity contribution < 1.29 is 10.2 Å². The number of hydrogen-bond donors (Lipinski definition) is 2. The molecule has 8 atom stereocenters. The summed E-state index contributed by atoms with van der Waals surface area (Å²) in [6, 6.07) is 0.437. The number of aliphatic hydroxyl groups excluding tert-OH is 2. The van der Waals surface area contributed by atoms with Crippen LogP contribution in [-0.2, 0) is 0 Å². The maximum absolute atomic E-state index is 11.2. The third kappa shape index (κ3) is 2.64. The molecule has 27 heavy (non-hydrogen) atoms. The molecule has 4 aliphatic carbocycles. The highest BCUT2D eigenvalue weighted by Crippen LogP contribution is 2.64. The summed E-state index contributed by atoms with van der Waals surface area (Å²) in [6.45, 7) is 7.28. The lowest BCUT2D eigenvalue weighted by atomic mass is 9.46. The van der Waals surface area contributed by atoms with Gasteiger partial charge in [-0.25, -0.2) is 0 Å². The average molecular weight is 372 g/mol. The Bertz CT molecular complexity index is 651. The Hall–Kier alpha value is -0.640. The quantitative estimate of drug-likeness (QED) is 0.687. The van der Waals surface area contributed by atoms with Crippen LogP contribution in [0.2, 0.25) is 0 Å². The van der Waals surface area contributed by atoms with E-state index in [4.69, 9.17) is 0 Å². The molecule has 150 valence electrons. The zero-order chi connectivity index (χ0) is 18.8. The monoisotopic (exact) mass is 371 g/mol. The number of piperidine rings is 1. The van der Waals surface area contributed by atoms with E-state index in [9.17, 15) is 10.2 Å². The van der Waals surface area contributed by atoms with Crippen LogP contribution >= 0.6 is 0 Å². The van der Waals surface area contributed by atoms with E-state index in [1.807, 2.05) is 0 Å². The molecule has 3 heteroatoms. The van der Waals surface area contributed by atoms with Crippen molar-refractivity contribution in [3.63, 3.8) is 0 Å². The summed E-state index contributed by atoms with van der Waals surface area (Å²) in [5.74, 6) is 1.50. The molecule has 3 unspecified atom stereocenters. The lowest BCUT2D eigenvalue weighted by Crippen LogP contribution is -2.62. The predicted octanol–water partition coefficient (Wildman–Crippen LogP) is 3.91. The SMILES string of the molecule is C[C@@]12C=CC[C@H]1[C@@H]1C(O)C=C3CC(O)CC(N4CCCCC4)[C@]3(C)[C@H]1CC2. The molecule has 5 aliphatic rings. The molecule has 3 fully saturated rings. The molecule has 0 aromatic rings. The van der Waals surface area contributed by atoms with Crippen molar-refractivity contribution in [2.75, 3.05) is 13.1 Å². The summed E-state index contributed by atoms with van der Waals surface area (Å²) < 4.78 is 0. The highest BCUT2D eigenvalue weighted by Gasteiger charge is 2.60. The van der Waals surface area contributed by atoms with Crippen LogP contribution < -0.4 is 0 Å². The average Bonchev–Trinajstić information content (AvgIpc) is 3.05. The van der Waals surface area contributed by atoms with Gasteiger partial charge in [0.05, 0.1) is 12.2 Å². The van der Waals surface area contributed by atoms with Gasteiger partial charge in [0.25, 0.3) is 0 Å². The third-order valence-corrected chi connectivity index (χ3v) is 9.36. The van der Waals surface area contributed by atoms with E-state index in [0.717, 1.165) is 19.3 Å². The molecule has 0 radical (unpaired) electrons. The van der Waals surface area contributed by atoms with Gasteiger partial charge in [0, 0.05) is 11.5 Å². The summed E-state index contributed by atoms with van der Waals surface area (Å²) in [6.07, 6.45) is 15.6. The second kappa shape index (κ2) is 6.43. The number of likely N-dealkylation sites (tertiary alicyclic amines) is 1.